The Labute approximate surface area is 249 Å². The second kappa shape index (κ2) is 13.5. The average Bonchev–Trinajstić information content (AvgIpc) is 3.00. The molecule has 4 aromatic rings. The molecule has 4 rings (SSSR count). The predicted octanol–water partition coefficient (Wildman–Crippen LogP) is 5.14. The first-order chi connectivity index (χ1) is 20.5. The largest absolute Gasteiger partial charge is 0.508 e. The first kappa shape index (κ1) is 31.3. The summed E-state index contributed by atoms with van der Waals surface area (Å²) < 4.78 is 66.6. The van der Waals surface area contributed by atoms with E-state index in [1.54, 1.807) is 12.1 Å². The van der Waals surface area contributed by atoms with Crippen LogP contribution in [-0.4, -0.2) is 41.0 Å². The van der Waals surface area contributed by atoms with Crippen LogP contribution in [0, 0.1) is 0 Å². The quantitative estimate of drug-likeness (QED) is 0.128. The number of hydrogen-bond acceptors (Lipinski definition) is 10. The van der Waals surface area contributed by atoms with Gasteiger partial charge in [-0.15, -0.1) is 0 Å². The highest BCUT2D eigenvalue weighted by molar-refractivity contribution is 7.91. The fourth-order valence-electron chi connectivity index (χ4n) is 3.93. The number of aromatic hydroxyl groups is 1. The van der Waals surface area contributed by atoms with Gasteiger partial charge in [0.05, 0.1) is 26.7 Å². The minimum atomic E-state index is -3.80. The molecule has 1 N–H and O–H groups in total. The highest BCUT2D eigenvalue weighted by Gasteiger charge is 2.19. The van der Waals surface area contributed by atoms with Gasteiger partial charge < -0.3 is 19.3 Å². The molecule has 0 radical (unpaired) electrons. The Morgan fingerprint density at radius 1 is 0.535 bits per heavy atom. The number of carbonyl (C=O) groups is 2. The number of methoxy groups -OCH3 is 1. The molecule has 0 amide bonds. The minimum Gasteiger partial charge on any atom is -0.508 e. The molecular weight excluding hydrogens is 596 g/mol. The van der Waals surface area contributed by atoms with Gasteiger partial charge in [0.2, 0.25) is 19.7 Å². The minimum absolute atomic E-state index is 0.00463. The van der Waals surface area contributed by atoms with Gasteiger partial charge in [-0.25, -0.2) is 16.8 Å². The fraction of sp³-hybridized carbons (Fsp3) is 0.161. The second-order valence-corrected chi connectivity index (χ2v) is 13.2. The number of ether oxygens (including phenoxy) is 3. The van der Waals surface area contributed by atoms with Crippen LogP contribution < -0.4 is 14.2 Å². The molecule has 0 aliphatic carbocycles. The van der Waals surface area contributed by atoms with Crippen LogP contribution in [0.5, 0.6) is 23.0 Å². The van der Waals surface area contributed by atoms with E-state index in [2.05, 4.69) is 0 Å². The second-order valence-electron chi connectivity index (χ2n) is 9.27. The Balaban J connectivity index is 1.20. The summed E-state index contributed by atoms with van der Waals surface area (Å²) in [5.41, 5.74) is 0. The van der Waals surface area contributed by atoms with Crippen LogP contribution in [0.1, 0.15) is 25.7 Å². The van der Waals surface area contributed by atoms with E-state index < -0.39 is 31.6 Å². The maximum Gasteiger partial charge on any atom is 0.311 e. The average molecular weight is 625 g/mol. The lowest BCUT2D eigenvalue weighted by Gasteiger charge is -2.08. The van der Waals surface area contributed by atoms with Crippen molar-refractivity contribution in [1.82, 2.24) is 0 Å². The van der Waals surface area contributed by atoms with Gasteiger partial charge in [0.15, 0.2) is 0 Å². The number of benzene rings is 4. The molecule has 43 heavy (non-hydrogen) atoms. The number of hydrogen-bond donors (Lipinski definition) is 1. The van der Waals surface area contributed by atoms with E-state index in [1.165, 1.54) is 92.0 Å². The molecular formula is C31H28O10S2. The highest BCUT2D eigenvalue weighted by Crippen LogP contribution is 2.26. The number of phenols is 1. The molecule has 0 aliphatic heterocycles. The third kappa shape index (κ3) is 7.99. The summed E-state index contributed by atoms with van der Waals surface area (Å²) in [6, 6.07) is 22.0. The molecule has 4 aromatic carbocycles. The Kier molecular flexibility index (Phi) is 9.84. The van der Waals surface area contributed by atoms with E-state index in [1.807, 2.05) is 0 Å². The van der Waals surface area contributed by atoms with Crippen molar-refractivity contribution in [2.24, 2.45) is 0 Å². The number of sulfone groups is 2. The molecule has 12 heteroatoms. The maximum atomic E-state index is 12.8. The summed E-state index contributed by atoms with van der Waals surface area (Å²) in [5.74, 6) is -0.239. The molecule has 0 fully saturated rings. The Hall–Kier alpha value is -4.68. The van der Waals surface area contributed by atoms with E-state index in [9.17, 15) is 31.5 Å². The van der Waals surface area contributed by atoms with Gasteiger partial charge in [-0.05, 0) is 110 Å². The number of rotatable bonds is 12. The van der Waals surface area contributed by atoms with Crippen molar-refractivity contribution in [3.05, 3.63) is 97.1 Å². The van der Waals surface area contributed by atoms with Crippen molar-refractivity contribution >= 4 is 31.6 Å². The SMILES string of the molecule is COc1ccc(S(=O)(=O)c2ccc(OC(=O)CCCCC(=O)Oc3ccc(S(=O)(=O)c4ccc(O)cc4)cc3)cc2)cc1. The number of phenolic OH excluding ortho intramolecular Hbond substituents is 1. The zero-order chi connectivity index (χ0) is 31.0. The van der Waals surface area contributed by atoms with Gasteiger partial charge in [-0.3, -0.25) is 9.59 Å². The van der Waals surface area contributed by atoms with E-state index in [0.717, 1.165) is 0 Å². The Morgan fingerprint density at radius 2 is 0.837 bits per heavy atom. The molecule has 0 aliphatic rings. The summed E-state index contributed by atoms with van der Waals surface area (Å²) in [4.78, 5) is 24.6. The smallest absolute Gasteiger partial charge is 0.311 e. The van der Waals surface area contributed by atoms with Crippen LogP contribution in [-0.2, 0) is 29.3 Å². The van der Waals surface area contributed by atoms with Crippen molar-refractivity contribution in [3.63, 3.8) is 0 Å². The van der Waals surface area contributed by atoms with Crippen molar-refractivity contribution in [2.75, 3.05) is 7.11 Å². The zero-order valence-electron chi connectivity index (χ0n) is 23.0. The third-order valence-electron chi connectivity index (χ3n) is 6.26. The Morgan fingerprint density at radius 3 is 1.16 bits per heavy atom. The zero-order valence-corrected chi connectivity index (χ0v) is 24.6. The molecule has 224 valence electrons. The standard InChI is InChI=1S/C31H28O10S2/c1-39-23-8-16-27(17-9-23)43(37,38)29-20-12-25(13-21-29)41-31(34)5-3-2-4-30(33)40-24-10-18-28(19-11-24)42(35,36)26-14-6-22(32)7-15-26/h6-21,32H,2-5H2,1H3. The van der Waals surface area contributed by atoms with Gasteiger partial charge in [0.1, 0.15) is 23.0 Å². The van der Waals surface area contributed by atoms with Crippen LogP contribution in [0.25, 0.3) is 0 Å². The predicted molar refractivity (Wildman–Crippen MR) is 155 cm³/mol. The molecule has 10 nitrogen and oxygen atoms in total. The molecule has 0 bridgehead atoms. The van der Waals surface area contributed by atoms with Gasteiger partial charge >= 0.3 is 11.9 Å². The normalized spacial score (nSPS) is 11.5. The van der Waals surface area contributed by atoms with Crippen LogP contribution in [0.3, 0.4) is 0 Å². The molecule has 0 aromatic heterocycles. The molecule has 0 saturated carbocycles. The maximum absolute atomic E-state index is 12.8. The van der Waals surface area contributed by atoms with Crippen LogP contribution >= 0.6 is 0 Å². The van der Waals surface area contributed by atoms with Crippen LogP contribution in [0.2, 0.25) is 0 Å². The van der Waals surface area contributed by atoms with Gasteiger partial charge in [0, 0.05) is 12.8 Å². The molecule has 0 heterocycles. The summed E-state index contributed by atoms with van der Waals surface area (Å²) in [7, 11) is -6.07. The van der Waals surface area contributed by atoms with Crippen molar-refractivity contribution in [3.8, 4) is 23.0 Å². The van der Waals surface area contributed by atoms with E-state index >= 15 is 0 Å². The molecule has 0 unspecified atom stereocenters. The topological polar surface area (TPSA) is 150 Å². The molecule has 0 saturated heterocycles. The summed E-state index contributed by atoms with van der Waals surface area (Å²) in [6.45, 7) is 0. The summed E-state index contributed by atoms with van der Waals surface area (Å²) >= 11 is 0. The lowest BCUT2D eigenvalue weighted by molar-refractivity contribution is -0.136. The highest BCUT2D eigenvalue weighted by atomic mass is 32.2. The first-order valence-corrected chi connectivity index (χ1v) is 16.0. The van der Waals surface area contributed by atoms with Gasteiger partial charge in [-0.2, -0.15) is 0 Å². The van der Waals surface area contributed by atoms with Gasteiger partial charge in [-0.1, -0.05) is 0 Å². The van der Waals surface area contributed by atoms with Crippen molar-refractivity contribution in [1.29, 1.82) is 0 Å². The summed E-state index contributed by atoms with van der Waals surface area (Å²) in [5, 5.41) is 9.36. The van der Waals surface area contributed by atoms with Crippen LogP contribution in [0.4, 0.5) is 0 Å². The van der Waals surface area contributed by atoms with E-state index in [0.29, 0.717) is 18.6 Å². The number of unbranched alkanes of at least 4 members (excludes halogenated alkanes) is 1. The lowest BCUT2D eigenvalue weighted by Crippen LogP contribution is -2.10. The van der Waals surface area contributed by atoms with E-state index in [4.69, 9.17) is 14.2 Å². The fourth-order valence-corrected chi connectivity index (χ4v) is 6.45. The van der Waals surface area contributed by atoms with Gasteiger partial charge in [0.25, 0.3) is 0 Å². The van der Waals surface area contributed by atoms with Crippen molar-refractivity contribution < 1.29 is 45.7 Å². The summed E-state index contributed by atoms with van der Waals surface area (Å²) in [6.07, 6.45) is 0.754. The Bertz CT molecular complexity index is 1780. The van der Waals surface area contributed by atoms with E-state index in [-0.39, 0.29) is 49.7 Å². The monoisotopic (exact) mass is 624 g/mol. The third-order valence-corrected chi connectivity index (χ3v) is 9.83. The van der Waals surface area contributed by atoms with Crippen molar-refractivity contribution in [2.45, 2.75) is 45.3 Å². The number of esters is 2. The molecule has 0 atom stereocenters. The molecule has 0 spiro atoms. The number of carbonyl (C=O) groups excluding carboxylic acids is 2. The van der Waals surface area contributed by atoms with Crippen LogP contribution in [0.15, 0.2) is 117 Å². The first-order valence-electron chi connectivity index (χ1n) is 13.0. The lowest BCUT2D eigenvalue weighted by atomic mass is 10.2.